The lowest BCUT2D eigenvalue weighted by Gasteiger charge is -2.20. The minimum Gasteiger partial charge on any atom is -0.365 e. The molecule has 1 aromatic carbocycles. The molecule has 2 amide bonds. The van der Waals surface area contributed by atoms with Gasteiger partial charge in [-0.3, -0.25) is 19.7 Å². The lowest BCUT2D eigenvalue weighted by Crippen LogP contribution is -2.20. The maximum atomic E-state index is 12.7. The van der Waals surface area contributed by atoms with Crippen LogP contribution in [0.1, 0.15) is 56.5 Å². The number of nitro benzene ring substituents is 1. The van der Waals surface area contributed by atoms with Crippen LogP contribution in [0.5, 0.6) is 0 Å². The molecule has 2 aromatic rings. The lowest BCUT2D eigenvalue weighted by atomic mass is 9.85. The Hall–Kier alpha value is -2.74. The first-order valence-electron chi connectivity index (χ1n) is 8.83. The summed E-state index contributed by atoms with van der Waals surface area (Å²) >= 11 is 1.38. The molecule has 1 aliphatic rings. The molecular formula is C19H21N3O4S. The molecule has 0 radical (unpaired) electrons. The Morgan fingerprint density at radius 1 is 1.41 bits per heavy atom. The summed E-state index contributed by atoms with van der Waals surface area (Å²) in [7, 11) is 0. The van der Waals surface area contributed by atoms with Crippen molar-refractivity contribution in [2.45, 2.75) is 39.5 Å². The Balaban J connectivity index is 1.96. The minimum absolute atomic E-state index is 0.117. The molecule has 27 heavy (non-hydrogen) atoms. The van der Waals surface area contributed by atoms with Gasteiger partial charge in [-0.1, -0.05) is 19.4 Å². The maximum Gasteiger partial charge on any atom is 0.273 e. The Kier molecular flexibility index (Phi) is 5.27. The van der Waals surface area contributed by atoms with E-state index in [2.05, 4.69) is 12.2 Å². The van der Waals surface area contributed by atoms with Crippen LogP contribution in [0, 0.1) is 23.0 Å². The molecule has 1 atom stereocenters. The largest absolute Gasteiger partial charge is 0.365 e. The number of hydrogen-bond donors (Lipinski definition) is 2. The monoisotopic (exact) mass is 387 g/mol. The fourth-order valence-electron chi connectivity index (χ4n) is 3.59. The second-order valence-electron chi connectivity index (χ2n) is 6.75. The summed E-state index contributed by atoms with van der Waals surface area (Å²) in [6.45, 7) is 3.68. The molecule has 0 saturated heterocycles. The number of primary amides is 1. The number of hydrogen-bond acceptors (Lipinski definition) is 5. The van der Waals surface area contributed by atoms with E-state index in [-0.39, 0.29) is 16.8 Å². The van der Waals surface area contributed by atoms with Crippen LogP contribution in [0.3, 0.4) is 0 Å². The number of carbonyl (C=O) groups is 2. The molecule has 1 aliphatic carbocycles. The average molecular weight is 387 g/mol. The molecule has 3 rings (SSSR count). The summed E-state index contributed by atoms with van der Waals surface area (Å²) in [5.41, 5.74) is 7.27. The van der Waals surface area contributed by atoms with Crippen LogP contribution in [0.2, 0.25) is 0 Å². The molecule has 0 unspecified atom stereocenters. The molecular weight excluding hydrogens is 366 g/mol. The maximum absolute atomic E-state index is 12.7. The van der Waals surface area contributed by atoms with Crippen LogP contribution < -0.4 is 11.1 Å². The number of carbonyl (C=O) groups excluding carboxylic acids is 2. The third-order valence-electron chi connectivity index (χ3n) is 5.16. The number of nitro groups is 1. The highest BCUT2D eigenvalue weighted by molar-refractivity contribution is 7.17. The summed E-state index contributed by atoms with van der Waals surface area (Å²) < 4.78 is 0. The molecule has 0 bridgehead atoms. The minimum atomic E-state index is -0.562. The van der Waals surface area contributed by atoms with Crippen molar-refractivity contribution in [3.05, 3.63) is 55.4 Å². The average Bonchev–Trinajstić information content (AvgIpc) is 2.98. The molecule has 8 heteroatoms. The summed E-state index contributed by atoms with van der Waals surface area (Å²) in [5.74, 6) is -0.475. The summed E-state index contributed by atoms with van der Waals surface area (Å²) in [6, 6.07) is 4.36. The number of rotatable bonds is 5. The van der Waals surface area contributed by atoms with E-state index in [1.54, 1.807) is 0 Å². The smallest absolute Gasteiger partial charge is 0.273 e. The molecule has 0 fully saturated rings. The van der Waals surface area contributed by atoms with Crippen LogP contribution in [-0.4, -0.2) is 16.7 Å². The zero-order chi connectivity index (χ0) is 19.7. The number of amides is 2. The fraction of sp³-hybridized carbons (Fsp3) is 0.368. The SMILES string of the molecule is CC[C@H]1CCc2c(sc(NC(=O)c3cccc([N+](=O)[O-])c3C)c2C(N)=O)C1. The van der Waals surface area contributed by atoms with Crippen molar-refractivity contribution in [2.75, 3.05) is 5.32 Å². The lowest BCUT2D eigenvalue weighted by molar-refractivity contribution is -0.385. The van der Waals surface area contributed by atoms with Crippen molar-refractivity contribution in [2.24, 2.45) is 11.7 Å². The van der Waals surface area contributed by atoms with Crippen molar-refractivity contribution < 1.29 is 14.5 Å². The standard InChI is InChI=1S/C19H21N3O4S/c1-3-11-7-8-13-15(9-11)27-19(16(13)17(20)23)21-18(24)12-5-4-6-14(10(12)2)22(25)26/h4-6,11H,3,7-9H2,1-2H3,(H2,20,23)(H,21,24)/t11-/m0/s1. The van der Waals surface area contributed by atoms with Crippen LogP contribution in [0.15, 0.2) is 18.2 Å². The van der Waals surface area contributed by atoms with E-state index < -0.39 is 16.7 Å². The van der Waals surface area contributed by atoms with E-state index in [4.69, 9.17) is 5.73 Å². The van der Waals surface area contributed by atoms with E-state index in [0.717, 1.165) is 36.1 Å². The summed E-state index contributed by atoms with van der Waals surface area (Å²) in [4.78, 5) is 36.4. The third-order valence-corrected chi connectivity index (χ3v) is 6.33. The zero-order valence-electron chi connectivity index (χ0n) is 15.2. The topological polar surface area (TPSA) is 115 Å². The molecule has 1 heterocycles. The second-order valence-corrected chi connectivity index (χ2v) is 7.86. The van der Waals surface area contributed by atoms with Gasteiger partial charge in [0, 0.05) is 22.1 Å². The van der Waals surface area contributed by atoms with Crippen LogP contribution in [0.25, 0.3) is 0 Å². The zero-order valence-corrected chi connectivity index (χ0v) is 16.0. The first kappa shape index (κ1) is 19.0. The first-order valence-corrected chi connectivity index (χ1v) is 9.64. The van der Waals surface area contributed by atoms with E-state index in [0.29, 0.717) is 16.5 Å². The van der Waals surface area contributed by atoms with Crippen LogP contribution in [-0.2, 0) is 12.8 Å². The predicted octanol–water partition coefficient (Wildman–Crippen LogP) is 3.83. The highest BCUT2D eigenvalue weighted by Gasteiger charge is 2.28. The van der Waals surface area contributed by atoms with Crippen molar-refractivity contribution in [3.8, 4) is 0 Å². The number of thiophene rings is 1. The predicted molar refractivity (Wildman–Crippen MR) is 104 cm³/mol. The first-order chi connectivity index (χ1) is 12.8. The highest BCUT2D eigenvalue weighted by Crippen LogP contribution is 2.40. The number of benzene rings is 1. The number of anilines is 1. The van der Waals surface area contributed by atoms with Gasteiger partial charge < -0.3 is 11.1 Å². The third kappa shape index (κ3) is 3.57. The van der Waals surface area contributed by atoms with Crippen molar-refractivity contribution in [3.63, 3.8) is 0 Å². The van der Waals surface area contributed by atoms with Gasteiger partial charge >= 0.3 is 0 Å². The van der Waals surface area contributed by atoms with Gasteiger partial charge in [0.25, 0.3) is 17.5 Å². The van der Waals surface area contributed by atoms with Gasteiger partial charge in [0.2, 0.25) is 0 Å². The van der Waals surface area contributed by atoms with Gasteiger partial charge in [-0.05, 0) is 43.7 Å². The van der Waals surface area contributed by atoms with Gasteiger partial charge in [-0.15, -0.1) is 11.3 Å². The van der Waals surface area contributed by atoms with Crippen molar-refractivity contribution >= 4 is 33.8 Å². The highest BCUT2D eigenvalue weighted by atomic mass is 32.1. The van der Waals surface area contributed by atoms with Crippen LogP contribution >= 0.6 is 11.3 Å². The number of nitrogens with zero attached hydrogens (tertiary/aromatic N) is 1. The normalized spacial score (nSPS) is 15.9. The molecule has 1 aromatic heterocycles. The Bertz CT molecular complexity index is 935. The number of nitrogens with one attached hydrogen (secondary N) is 1. The summed E-state index contributed by atoms with van der Waals surface area (Å²) in [6.07, 6.45) is 3.71. The van der Waals surface area contributed by atoms with Gasteiger partial charge in [-0.2, -0.15) is 0 Å². The molecule has 7 nitrogen and oxygen atoms in total. The molecule has 0 saturated carbocycles. The second kappa shape index (κ2) is 7.48. The number of fused-ring (bicyclic) bond motifs is 1. The Morgan fingerprint density at radius 2 is 2.15 bits per heavy atom. The number of nitrogens with two attached hydrogens (primary N) is 1. The Labute approximate surface area is 160 Å². The van der Waals surface area contributed by atoms with E-state index in [1.807, 2.05) is 0 Å². The molecule has 142 valence electrons. The van der Waals surface area contributed by atoms with Gasteiger partial charge in [0.1, 0.15) is 5.00 Å². The van der Waals surface area contributed by atoms with Crippen molar-refractivity contribution in [1.29, 1.82) is 0 Å². The van der Waals surface area contributed by atoms with E-state index in [9.17, 15) is 19.7 Å². The Morgan fingerprint density at radius 3 is 2.78 bits per heavy atom. The quantitative estimate of drug-likeness (QED) is 0.599. The van der Waals surface area contributed by atoms with E-state index in [1.165, 1.54) is 36.5 Å². The van der Waals surface area contributed by atoms with Gasteiger partial charge in [-0.25, -0.2) is 0 Å². The van der Waals surface area contributed by atoms with E-state index >= 15 is 0 Å². The molecule has 3 N–H and O–H groups in total. The van der Waals surface area contributed by atoms with Crippen LogP contribution in [0.4, 0.5) is 10.7 Å². The molecule has 0 aliphatic heterocycles. The van der Waals surface area contributed by atoms with Gasteiger partial charge in [0.05, 0.1) is 10.5 Å². The summed E-state index contributed by atoms with van der Waals surface area (Å²) in [5, 5.41) is 14.3. The van der Waals surface area contributed by atoms with Crippen molar-refractivity contribution in [1.82, 2.24) is 0 Å². The van der Waals surface area contributed by atoms with Gasteiger partial charge in [0.15, 0.2) is 0 Å². The fourth-order valence-corrected chi connectivity index (χ4v) is 4.95. The molecule has 0 spiro atoms.